The molecule has 1 aromatic rings. The van der Waals surface area contributed by atoms with Gasteiger partial charge >= 0.3 is 0 Å². The van der Waals surface area contributed by atoms with Crippen LogP contribution in [0.15, 0.2) is 24.3 Å². The minimum Gasteiger partial charge on any atom is -0.346 e. The number of fused-ring (bicyclic) bond motifs is 1. The number of carbonyl (C=O) groups is 1. The normalized spacial score (nSPS) is 21.9. The van der Waals surface area contributed by atoms with Gasteiger partial charge in [-0.1, -0.05) is 24.3 Å². The molecule has 1 atom stereocenters. The van der Waals surface area contributed by atoms with E-state index in [0.717, 1.165) is 29.1 Å². The summed E-state index contributed by atoms with van der Waals surface area (Å²) in [7, 11) is -0.669. The van der Waals surface area contributed by atoms with Gasteiger partial charge in [0, 0.05) is 14.1 Å². The summed E-state index contributed by atoms with van der Waals surface area (Å²) in [5, 5.41) is 2.92. The lowest BCUT2D eigenvalue weighted by atomic mass is 9.78. The van der Waals surface area contributed by atoms with Crippen molar-refractivity contribution < 1.29 is 13.2 Å². The van der Waals surface area contributed by atoms with Crippen molar-refractivity contribution in [1.82, 2.24) is 9.62 Å². The number of nitrogens with zero attached hydrogens (tertiary/aromatic N) is 1. The Morgan fingerprint density at radius 1 is 1.33 bits per heavy atom. The van der Waals surface area contributed by atoms with E-state index in [9.17, 15) is 13.2 Å². The number of amides is 1. The van der Waals surface area contributed by atoms with Gasteiger partial charge in [0.2, 0.25) is 15.9 Å². The van der Waals surface area contributed by atoms with Gasteiger partial charge in [0.15, 0.2) is 0 Å². The van der Waals surface area contributed by atoms with Gasteiger partial charge in [-0.25, -0.2) is 12.7 Å². The van der Waals surface area contributed by atoms with Crippen LogP contribution in [0.25, 0.3) is 0 Å². The SMILES string of the molecule is CN(C)S(=O)(=O)CC(=O)NC1(C)CCCc2ccccc21. The van der Waals surface area contributed by atoms with Crippen molar-refractivity contribution in [2.24, 2.45) is 0 Å². The molecule has 0 spiro atoms. The first-order valence-corrected chi connectivity index (χ1v) is 8.65. The molecule has 0 saturated heterocycles. The Bertz CT molecular complexity index is 640. The molecule has 1 amide bonds. The van der Waals surface area contributed by atoms with Crippen LogP contribution in [0.1, 0.15) is 30.9 Å². The highest BCUT2D eigenvalue weighted by Crippen LogP contribution is 2.34. The molecule has 21 heavy (non-hydrogen) atoms. The summed E-state index contributed by atoms with van der Waals surface area (Å²) in [5.41, 5.74) is 1.82. The molecule has 1 aliphatic carbocycles. The Balaban J connectivity index is 2.18. The van der Waals surface area contributed by atoms with Crippen molar-refractivity contribution in [3.05, 3.63) is 35.4 Å². The van der Waals surface area contributed by atoms with Crippen LogP contribution in [-0.2, 0) is 26.8 Å². The first-order chi connectivity index (χ1) is 9.74. The summed E-state index contributed by atoms with van der Waals surface area (Å²) in [5.74, 6) is -0.972. The zero-order valence-corrected chi connectivity index (χ0v) is 13.5. The summed E-state index contributed by atoms with van der Waals surface area (Å²) in [4.78, 5) is 12.1. The third kappa shape index (κ3) is 3.44. The molecular weight excluding hydrogens is 288 g/mol. The molecule has 0 bridgehead atoms. The van der Waals surface area contributed by atoms with Crippen molar-refractivity contribution in [2.75, 3.05) is 19.8 Å². The summed E-state index contributed by atoms with van der Waals surface area (Å²) in [6, 6.07) is 8.01. The molecule has 1 aliphatic rings. The monoisotopic (exact) mass is 310 g/mol. The lowest BCUT2D eigenvalue weighted by molar-refractivity contribution is -0.120. The maximum atomic E-state index is 12.1. The topological polar surface area (TPSA) is 66.5 Å². The van der Waals surface area contributed by atoms with Gasteiger partial charge in [0.25, 0.3) is 0 Å². The van der Waals surface area contributed by atoms with E-state index in [1.807, 2.05) is 25.1 Å². The Morgan fingerprint density at radius 3 is 2.67 bits per heavy atom. The van der Waals surface area contributed by atoms with Crippen molar-refractivity contribution in [3.8, 4) is 0 Å². The highest BCUT2D eigenvalue weighted by molar-refractivity contribution is 7.89. The van der Waals surface area contributed by atoms with Crippen LogP contribution in [0, 0.1) is 0 Å². The molecule has 1 N–H and O–H groups in total. The van der Waals surface area contributed by atoms with Gasteiger partial charge in [-0.15, -0.1) is 0 Å². The summed E-state index contributed by atoms with van der Waals surface area (Å²) < 4.78 is 24.7. The summed E-state index contributed by atoms with van der Waals surface area (Å²) in [6.07, 6.45) is 2.80. The molecule has 116 valence electrons. The highest BCUT2D eigenvalue weighted by Gasteiger charge is 2.34. The van der Waals surface area contributed by atoms with Gasteiger partial charge in [0.05, 0.1) is 5.54 Å². The van der Waals surface area contributed by atoms with E-state index in [1.54, 1.807) is 0 Å². The van der Waals surface area contributed by atoms with Crippen LogP contribution >= 0.6 is 0 Å². The number of carbonyl (C=O) groups excluding carboxylic acids is 1. The molecule has 0 aliphatic heterocycles. The van der Waals surface area contributed by atoms with Gasteiger partial charge in [-0.2, -0.15) is 0 Å². The number of aryl methyl sites for hydroxylation is 1. The third-order valence-corrected chi connectivity index (χ3v) is 5.76. The predicted octanol–water partition coefficient (Wildman–Crippen LogP) is 1.25. The molecule has 0 saturated carbocycles. The van der Waals surface area contributed by atoms with E-state index >= 15 is 0 Å². The number of benzene rings is 1. The average Bonchev–Trinajstić information content (AvgIpc) is 2.38. The second-order valence-corrected chi connectivity index (χ2v) is 8.11. The smallest absolute Gasteiger partial charge is 0.237 e. The van der Waals surface area contributed by atoms with Crippen molar-refractivity contribution in [2.45, 2.75) is 31.7 Å². The molecule has 2 rings (SSSR count). The standard InChI is InChI=1S/C15H22N2O3S/c1-15(16-14(18)11-21(19,20)17(2)3)10-6-8-12-7-4-5-9-13(12)15/h4-5,7,9H,6,8,10-11H2,1-3H3,(H,16,18). The lowest BCUT2D eigenvalue weighted by Gasteiger charge is -2.37. The van der Waals surface area contributed by atoms with Crippen molar-refractivity contribution >= 4 is 15.9 Å². The van der Waals surface area contributed by atoms with Gasteiger partial charge in [0.1, 0.15) is 5.75 Å². The summed E-state index contributed by atoms with van der Waals surface area (Å²) in [6.45, 7) is 1.96. The van der Waals surface area contributed by atoms with E-state index in [-0.39, 0.29) is 0 Å². The minimum atomic E-state index is -3.53. The van der Waals surface area contributed by atoms with Gasteiger partial charge < -0.3 is 5.32 Å². The van der Waals surface area contributed by atoms with Crippen LogP contribution in [0.5, 0.6) is 0 Å². The molecule has 0 radical (unpaired) electrons. The zero-order valence-electron chi connectivity index (χ0n) is 12.7. The predicted molar refractivity (Wildman–Crippen MR) is 82.3 cm³/mol. The Morgan fingerprint density at radius 2 is 2.00 bits per heavy atom. The number of hydrogen-bond acceptors (Lipinski definition) is 3. The number of sulfonamides is 1. The molecule has 0 fully saturated rings. The van der Waals surface area contributed by atoms with Gasteiger partial charge in [-0.3, -0.25) is 4.79 Å². The Kier molecular flexibility index (Phi) is 4.39. The largest absolute Gasteiger partial charge is 0.346 e. The number of nitrogens with one attached hydrogen (secondary N) is 1. The first kappa shape index (κ1) is 16.0. The fourth-order valence-electron chi connectivity index (χ4n) is 2.81. The fourth-order valence-corrected chi connectivity index (χ4v) is 3.47. The highest BCUT2D eigenvalue weighted by atomic mass is 32.2. The average molecular weight is 310 g/mol. The van der Waals surface area contributed by atoms with Crippen LogP contribution in [0.3, 0.4) is 0 Å². The van der Waals surface area contributed by atoms with E-state index in [4.69, 9.17) is 0 Å². The Labute approximate surface area is 126 Å². The maximum Gasteiger partial charge on any atom is 0.237 e. The molecule has 1 aromatic carbocycles. The van der Waals surface area contributed by atoms with E-state index < -0.39 is 27.2 Å². The van der Waals surface area contributed by atoms with E-state index in [1.165, 1.54) is 19.7 Å². The quantitative estimate of drug-likeness (QED) is 0.910. The molecule has 5 nitrogen and oxygen atoms in total. The maximum absolute atomic E-state index is 12.1. The van der Waals surface area contributed by atoms with E-state index in [0.29, 0.717) is 0 Å². The van der Waals surface area contributed by atoms with Crippen LogP contribution in [-0.4, -0.2) is 38.5 Å². The lowest BCUT2D eigenvalue weighted by Crippen LogP contribution is -2.48. The molecule has 0 aromatic heterocycles. The third-order valence-electron chi connectivity index (χ3n) is 4.02. The van der Waals surface area contributed by atoms with Crippen LogP contribution in [0.2, 0.25) is 0 Å². The molecule has 1 unspecified atom stereocenters. The second kappa shape index (κ2) is 5.77. The first-order valence-electron chi connectivity index (χ1n) is 7.04. The van der Waals surface area contributed by atoms with Gasteiger partial charge in [-0.05, 0) is 37.3 Å². The van der Waals surface area contributed by atoms with Crippen LogP contribution in [0.4, 0.5) is 0 Å². The zero-order chi connectivity index (χ0) is 15.7. The van der Waals surface area contributed by atoms with Crippen molar-refractivity contribution in [3.63, 3.8) is 0 Å². The van der Waals surface area contributed by atoms with Crippen LogP contribution < -0.4 is 5.32 Å². The van der Waals surface area contributed by atoms with E-state index in [2.05, 4.69) is 11.4 Å². The fraction of sp³-hybridized carbons (Fsp3) is 0.533. The van der Waals surface area contributed by atoms with Crippen molar-refractivity contribution in [1.29, 1.82) is 0 Å². The summed E-state index contributed by atoms with van der Waals surface area (Å²) >= 11 is 0. The Hall–Kier alpha value is -1.40. The molecule has 0 heterocycles. The number of hydrogen-bond donors (Lipinski definition) is 1. The molecule has 6 heteroatoms. The number of rotatable bonds is 4. The minimum absolute atomic E-state index is 0.456. The second-order valence-electron chi connectivity index (χ2n) is 5.93. The molecular formula is C15H22N2O3S.